The zero-order valence-corrected chi connectivity index (χ0v) is 15.8. The highest BCUT2D eigenvalue weighted by atomic mass is 35.5. The molecule has 0 spiro atoms. The molecule has 2 aliphatic rings. The maximum Gasteiger partial charge on any atom is 0.229 e. The second-order valence-electron chi connectivity index (χ2n) is 6.93. The number of amides is 1. The van der Waals surface area contributed by atoms with Crippen molar-refractivity contribution in [1.29, 1.82) is 0 Å². The Hall–Kier alpha value is -1.31. The number of ether oxygens (including phenoxy) is 1. The molecule has 1 amide bonds. The average Bonchev–Trinajstić information content (AvgIpc) is 3.07. The van der Waals surface area contributed by atoms with E-state index in [2.05, 4.69) is 5.32 Å². The molecular weight excluding hydrogens is 364 g/mol. The van der Waals surface area contributed by atoms with Crippen molar-refractivity contribution in [3.05, 3.63) is 24.3 Å². The fourth-order valence-electron chi connectivity index (χ4n) is 3.92. The highest BCUT2D eigenvalue weighted by Crippen LogP contribution is 2.47. The standard InChI is InChI=1S/C17H24N2O4S.ClH/c1-24(21,22)8-7-23-14-4-2-3-13(10-14)19-17(20)15-11-5-6-12(9-11)16(15)18;/h2-4,10-12,15-16H,5-9,18H2,1H3,(H,19,20);1H. The highest BCUT2D eigenvalue weighted by molar-refractivity contribution is 7.90. The van der Waals surface area contributed by atoms with Gasteiger partial charge in [-0.15, -0.1) is 12.4 Å². The summed E-state index contributed by atoms with van der Waals surface area (Å²) in [5, 5.41) is 2.93. The summed E-state index contributed by atoms with van der Waals surface area (Å²) in [5.41, 5.74) is 6.86. The molecule has 3 rings (SSSR count). The van der Waals surface area contributed by atoms with E-state index in [0.717, 1.165) is 19.3 Å². The van der Waals surface area contributed by atoms with Gasteiger partial charge in [0.15, 0.2) is 9.84 Å². The van der Waals surface area contributed by atoms with E-state index in [-0.39, 0.29) is 42.6 Å². The topological polar surface area (TPSA) is 98.5 Å². The maximum atomic E-state index is 12.6. The van der Waals surface area contributed by atoms with Crippen LogP contribution < -0.4 is 15.8 Å². The molecule has 0 radical (unpaired) electrons. The van der Waals surface area contributed by atoms with Crippen LogP contribution in [0.25, 0.3) is 0 Å². The number of carbonyl (C=O) groups excluding carboxylic acids is 1. The van der Waals surface area contributed by atoms with E-state index in [9.17, 15) is 13.2 Å². The number of rotatable bonds is 6. The van der Waals surface area contributed by atoms with Gasteiger partial charge in [0.2, 0.25) is 5.91 Å². The van der Waals surface area contributed by atoms with Crippen LogP contribution in [-0.4, -0.2) is 39.0 Å². The van der Waals surface area contributed by atoms with E-state index in [0.29, 0.717) is 23.3 Å². The Morgan fingerprint density at radius 3 is 2.68 bits per heavy atom. The fourth-order valence-corrected chi connectivity index (χ4v) is 4.31. The SMILES string of the molecule is CS(=O)(=O)CCOc1cccc(NC(=O)C2C3CCC(C3)C2N)c1.Cl. The molecule has 0 saturated heterocycles. The van der Waals surface area contributed by atoms with Crippen LogP contribution in [0, 0.1) is 17.8 Å². The Kier molecular flexibility index (Phi) is 6.35. The number of nitrogens with one attached hydrogen (secondary N) is 1. The molecule has 2 fully saturated rings. The Balaban J connectivity index is 0.00000225. The molecule has 3 N–H and O–H groups in total. The Morgan fingerprint density at radius 1 is 1.32 bits per heavy atom. The number of carbonyl (C=O) groups is 1. The monoisotopic (exact) mass is 388 g/mol. The summed E-state index contributed by atoms with van der Waals surface area (Å²) in [4.78, 5) is 12.6. The molecule has 1 aromatic carbocycles. The number of halogens is 1. The van der Waals surface area contributed by atoms with Crippen LogP contribution in [0.4, 0.5) is 5.69 Å². The molecule has 25 heavy (non-hydrogen) atoms. The molecular formula is C17H25ClN2O4S. The number of nitrogens with two attached hydrogens (primary N) is 1. The summed E-state index contributed by atoms with van der Waals surface area (Å²) in [7, 11) is -3.05. The Bertz CT molecular complexity index is 723. The van der Waals surface area contributed by atoms with Crippen molar-refractivity contribution in [3.63, 3.8) is 0 Å². The zero-order valence-electron chi connectivity index (χ0n) is 14.2. The minimum atomic E-state index is -3.05. The number of benzene rings is 1. The van der Waals surface area contributed by atoms with Gasteiger partial charge in [0.1, 0.15) is 12.4 Å². The molecule has 6 nitrogen and oxygen atoms in total. The first-order valence-electron chi connectivity index (χ1n) is 8.30. The van der Waals surface area contributed by atoms with E-state index in [4.69, 9.17) is 10.5 Å². The average molecular weight is 389 g/mol. The van der Waals surface area contributed by atoms with Crippen LogP contribution in [-0.2, 0) is 14.6 Å². The van der Waals surface area contributed by atoms with Crippen molar-refractivity contribution in [1.82, 2.24) is 0 Å². The van der Waals surface area contributed by atoms with Crippen molar-refractivity contribution in [2.75, 3.05) is 23.9 Å². The molecule has 0 heterocycles. The van der Waals surface area contributed by atoms with Gasteiger partial charge in [0, 0.05) is 24.1 Å². The summed E-state index contributed by atoms with van der Waals surface area (Å²) in [5.74, 6) is 1.25. The first kappa shape index (κ1) is 20.0. The number of sulfone groups is 1. The van der Waals surface area contributed by atoms with Crippen molar-refractivity contribution >= 4 is 33.8 Å². The molecule has 0 aliphatic heterocycles. The molecule has 140 valence electrons. The van der Waals surface area contributed by atoms with Crippen molar-refractivity contribution in [2.45, 2.75) is 25.3 Å². The van der Waals surface area contributed by atoms with Gasteiger partial charge in [-0.1, -0.05) is 6.07 Å². The van der Waals surface area contributed by atoms with E-state index in [1.165, 1.54) is 6.26 Å². The molecule has 2 aliphatic carbocycles. The van der Waals surface area contributed by atoms with Crippen LogP contribution in [0.1, 0.15) is 19.3 Å². The summed E-state index contributed by atoms with van der Waals surface area (Å²) in [6.07, 6.45) is 4.46. The summed E-state index contributed by atoms with van der Waals surface area (Å²) in [6, 6.07) is 6.96. The van der Waals surface area contributed by atoms with Crippen LogP contribution in [0.5, 0.6) is 5.75 Å². The van der Waals surface area contributed by atoms with Crippen LogP contribution >= 0.6 is 12.4 Å². The quantitative estimate of drug-likeness (QED) is 0.774. The van der Waals surface area contributed by atoms with Gasteiger partial charge < -0.3 is 15.8 Å². The molecule has 0 aromatic heterocycles. The van der Waals surface area contributed by atoms with E-state index in [1.807, 2.05) is 0 Å². The normalized spacial score (nSPS) is 27.6. The van der Waals surface area contributed by atoms with Gasteiger partial charge in [-0.05, 0) is 43.2 Å². The molecule has 2 saturated carbocycles. The number of fused-ring (bicyclic) bond motifs is 2. The lowest BCUT2D eigenvalue weighted by Gasteiger charge is -2.27. The van der Waals surface area contributed by atoms with Gasteiger partial charge >= 0.3 is 0 Å². The van der Waals surface area contributed by atoms with Gasteiger partial charge in [0.25, 0.3) is 0 Å². The second kappa shape index (κ2) is 7.93. The van der Waals surface area contributed by atoms with Gasteiger partial charge in [-0.25, -0.2) is 8.42 Å². The second-order valence-corrected chi connectivity index (χ2v) is 9.19. The van der Waals surface area contributed by atoms with Crippen LogP contribution in [0.15, 0.2) is 24.3 Å². The van der Waals surface area contributed by atoms with Crippen LogP contribution in [0.2, 0.25) is 0 Å². The number of hydrogen-bond donors (Lipinski definition) is 2. The maximum absolute atomic E-state index is 12.6. The smallest absolute Gasteiger partial charge is 0.229 e. The van der Waals surface area contributed by atoms with E-state index < -0.39 is 9.84 Å². The third-order valence-electron chi connectivity index (χ3n) is 5.11. The van der Waals surface area contributed by atoms with Gasteiger partial charge in [-0.3, -0.25) is 4.79 Å². The summed E-state index contributed by atoms with van der Waals surface area (Å²) < 4.78 is 27.7. The van der Waals surface area contributed by atoms with Crippen molar-refractivity contribution < 1.29 is 17.9 Å². The molecule has 4 unspecified atom stereocenters. The van der Waals surface area contributed by atoms with E-state index in [1.54, 1.807) is 24.3 Å². The van der Waals surface area contributed by atoms with Gasteiger partial charge in [0.05, 0.1) is 11.7 Å². The zero-order chi connectivity index (χ0) is 17.3. The lowest BCUT2D eigenvalue weighted by Crippen LogP contribution is -2.42. The third kappa shape index (κ3) is 4.86. The fraction of sp³-hybridized carbons (Fsp3) is 0.588. The van der Waals surface area contributed by atoms with Crippen molar-refractivity contribution in [3.8, 4) is 5.75 Å². The Labute approximate surface area is 154 Å². The van der Waals surface area contributed by atoms with E-state index >= 15 is 0 Å². The predicted octanol–water partition coefficient (Wildman–Crippen LogP) is 1.84. The minimum absolute atomic E-state index is 0. The first-order chi connectivity index (χ1) is 11.3. The summed E-state index contributed by atoms with van der Waals surface area (Å²) >= 11 is 0. The molecule has 1 aromatic rings. The number of anilines is 1. The van der Waals surface area contributed by atoms with Crippen molar-refractivity contribution in [2.24, 2.45) is 23.5 Å². The number of hydrogen-bond acceptors (Lipinski definition) is 5. The Morgan fingerprint density at radius 2 is 2.04 bits per heavy atom. The molecule has 2 bridgehead atoms. The minimum Gasteiger partial charge on any atom is -0.492 e. The molecule has 8 heteroatoms. The highest BCUT2D eigenvalue weighted by Gasteiger charge is 2.49. The third-order valence-corrected chi connectivity index (χ3v) is 6.02. The first-order valence-corrected chi connectivity index (χ1v) is 10.4. The molecule has 4 atom stereocenters. The predicted molar refractivity (Wildman–Crippen MR) is 99.8 cm³/mol. The lowest BCUT2D eigenvalue weighted by molar-refractivity contribution is -0.121. The van der Waals surface area contributed by atoms with Crippen LogP contribution in [0.3, 0.4) is 0 Å². The van der Waals surface area contributed by atoms with Gasteiger partial charge in [-0.2, -0.15) is 0 Å². The lowest BCUT2D eigenvalue weighted by atomic mass is 9.84. The largest absolute Gasteiger partial charge is 0.492 e. The summed E-state index contributed by atoms with van der Waals surface area (Å²) in [6.45, 7) is 0.0908.